The summed E-state index contributed by atoms with van der Waals surface area (Å²) in [6.07, 6.45) is 5.57. The van der Waals surface area contributed by atoms with E-state index in [-0.39, 0.29) is 49.6 Å². The Kier molecular flexibility index (Phi) is 8.80. The standard InChI is InChI=1S/C29H37F3N4O4/c1-39-22-14-23(15-22)40-27-24(13-20(30)16-34-27)25(28(37)38)36-12-9-19(17-36)29(31,32)10-3-2-6-21-8-7-18-5-4-11-33-26(18)35-21/h7-8,13,16,19,22-23,25H,2-6,9-12,14-15,17H2,1H3,(H,33,35)(H,37,38)/t19-,22?,23?,25?/m1/s1. The number of aliphatic carboxylic acids is 1. The molecule has 0 spiro atoms. The minimum atomic E-state index is -2.94. The molecule has 1 saturated heterocycles. The SMILES string of the molecule is COC1CC(Oc2ncc(F)cc2C(C(=O)O)N2CC[C@@H](C(F)(F)CCCCc3ccc4c(n3)NCCC4)C2)C1. The number of likely N-dealkylation sites (tertiary alicyclic amines) is 1. The average molecular weight is 563 g/mol. The maximum Gasteiger partial charge on any atom is 0.325 e. The van der Waals surface area contributed by atoms with Gasteiger partial charge in [-0.05, 0) is 62.8 Å². The molecule has 2 aromatic rings. The molecule has 8 nitrogen and oxygen atoms in total. The summed E-state index contributed by atoms with van der Waals surface area (Å²) in [5.41, 5.74) is 2.14. The fourth-order valence-electron chi connectivity index (χ4n) is 5.93. The quantitative estimate of drug-likeness (QED) is 0.348. The molecule has 218 valence electrons. The highest BCUT2D eigenvalue weighted by Gasteiger charge is 2.46. The molecule has 0 bridgehead atoms. The Bertz CT molecular complexity index is 1190. The number of rotatable bonds is 12. The molecule has 2 atom stereocenters. The molecule has 5 rings (SSSR count). The van der Waals surface area contributed by atoms with Gasteiger partial charge in [0, 0.05) is 56.6 Å². The van der Waals surface area contributed by atoms with Crippen LogP contribution in [0.25, 0.3) is 0 Å². The molecule has 2 aliphatic heterocycles. The molecule has 1 unspecified atom stereocenters. The summed E-state index contributed by atoms with van der Waals surface area (Å²) in [7, 11) is 1.60. The van der Waals surface area contributed by atoms with Crippen molar-refractivity contribution in [1.82, 2.24) is 14.9 Å². The smallest absolute Gasteiger partial charge is 0.325 e. The third kappa shape index (κ3) is 6.52. The highest BCUT2D eigenvalue weighted by atomic mass is 19.3. The van der Waals surface area contributed by atoms with E-state index in [4.69, 9.17) is 9.47 Å². The molecule has 40 heavy (non-hydrogen) atoms. The lowest BCUT2D eigenvalue weighted by Gasteiger charge is -2.35. The van der Waals surface area contributed by atoms with Gasteiger partial charge in [-0.1, -0.05) is 6.07 Å². The highest BCUT2D eigenvalue weighted by Crippen LogP contribution is 2.41. The lowest BCUT2D eigenvalue weighted by Crippen LogP contribution is -2.40. The number of anilines is 1. The summed E-state index contributed by atoms with van der Waals surface area (Å²) in [6, 6.07) is 3.80. The minimum Gasteiger partial charge on any atom is -0.480 e. The van der Waals surface area contributed by atoms with E-state index in [2.05, 4.69) is 21.4 Å². The fourth-order valence-corrected chi connectivity index (χ4v) is 5.93. The molecule has 0 aromatic carbocycles. The summed E-state index contributed by atoms with van der Waals surface area (Å²) in [4.78, 5) is 22.5. The van der Waals surface area contributed by atoms with Crippen LogP contribution in [0.5, 0.6) is 5.88 Å². The molecule has 1 saturated carbocycles. The zero-order valence-electron chi connectivity index (χ0n) is 22.8. The number of unbranched alkanes of at least 4 members (excludes halogenated alkanes) is 1. The van der Waals surface area contributed by atoms with E-state index < -0.39 is 29.7 Å². The summed E-state index contributed by atoms with van der Waals surface area (Å²) >= 11 is 0. The number of nitrogens with one attached hydrogen (secondary N) is 1. The number of pyridine rings is 2. The first kappa shape index (κ1) is 28.6. The number of methoxy groups -OCH3 is 1. The number of halogens is 3. The monoisotopic (exact) mass is 562 g/mol. The van der Waals surface area contributed by atoms with E-state index in [1.807, 2.05) is 6.07 Å². The first-order valence-electron chi connectivity index (χ1n) is 14.2. The van der Waals surface area contributed by atoms with Gasteiger partial charge in [0.15, 0.2) is 0 Å². The van der Waals surface area contributed by atoms with E-state index in [9.17, 15) is 14.3 Å². The van der Waals surface area contributed by atoms with Crippen molar-refractivity contribution >= 4 is 11.8 Å². The zero-order chi connectivity index (χ0) is 28.3. The van der Waals surface area contributed by atoms with Crippen molar-refractivity contribution in [2.75, 3.05) is 32.1 Å². The maximum atomic E-state index is 15.3. The molecule has 4 heterocycles. The van der Waals surface area contributed by atoms with Gasteiger partial charge < -0.3 is 19.9 Å². The average Bonchev–Trinajstić information content (AvgIpc) is 3.40. The van der Waals surface area contributed by atoms with Crippen LogP contribution in [0.15, 0.2) is 24.4 Å². The van der Waals surface area contributed by atoms with Crippen molar-refractivity contribution < 1.29 is 32.5 Å². The van der Waals surface area contributed by atoms with Crippen molar-refractivity contribution in [2.24, 2.45) is 5.92 Å². The second-order valence-corrected chi connectivity index (χ2v) is 11.1. The number of nitrogens with zero attached hydrogens (tertiary/aromatic N) is 3. The van der Waals surface area contributed by atoms with Gasteiger partial charge in [-0.25, -0.2) is 23.1 Å². The first-order chi connectivity index (χ1) is 19.2. The largest absolute Gasteiger partial charge is 0.480 e. The van der Waals surface area contributed by atoms with Crippen LogP contribution < -0.4 is 10.1 Å². The number of carboxylic acids is 1. The van der Waals surface area contributed by atoms with Crippen molar-refractivity contribution in [3.63, 3.8) is 0 Å². The van der Waals surface area contributed by atoms with Crippen LogP contribution in [0.3, 0.4) is 0 Å². The number of alkyl halides is 2. The van der Waals surface area contributed by atoms with Crippen molar-refractivity contribution in [3.05, 3.63) is 47.0 Å². The molecule has 2 fully saturated rings. The zero-order valence-corrected chi connectivity index (χ0v) is 22.8. The van der Waals surface area contributed by atoms with Gasteiger partial charge in [-0.15, -0.1) is 0 Å². The molecule has 3 aliphatic rings. The lowest BCUT2D eigenvalue weighted by molar-refractivity contribution is -0.143. The maximum absolute atomic E-state index is 15.3. The van der Waals surface area contributed by atoms with Gasteiger partial charge in [0.25, 0.3) is 5.92 Å². The van der Waals surface area contributed by atoms with E-state index in [0.29, 0.717) is 32.1 Å². The Hall–Kier alpha value is -2.92. The van der Waals surface area contributed by atoms with E-state index in [1.54, 1.807) is 7.11 Å². The first-order valence-corrected chi connectivity index (χ1v) is 14.2. The number of aromatic nitrogens is 2. The Morgan fingerprint density at radius 1 is 1.27 bits per heavy atom. The second kappa shape index (κ2) is 12.3. The number of carbonyl (C=O) groups is 1. The number of carboxylic acid groups (broad SMARTS) is 1. The van der Waals surface area contributed by atoms with Crippen LogP contribution in [-0.2, 0) is 22.4 Å². The van der Waals surface area contributed by atoms with Gasteiger partial charge in [0.1, 0.15) is 23.8 Å². The predicted molar refractivity (Wildman–Crippen MR) is 142 cm³/mol. The molecule has 2 aromatic heterocycles. The van der Waals surface area contributed by atoms with Gasteiger partial charge >= 0.3 is 5.97 Å². The topological polar surface area (TPSA) is 96.8 Å². The Balaban J connectivity index is 1.18. The van der Waals surface area contributed by atoms with Crippen LogP contribution in [0, 0.1) is 11.7 Å². The van der Waals surface area contributed by atoms with Crippen LogP contribution in [-0.4, -0.2) is 70.8 Å². The predicted octanol–water partition coefficient (Wildman–Crippen LogP) is 5.03. The summed E-state index contributed by atoms with van der Waals surface area (Å²) < 4.78 is 55.8. The number of hydrogen-bond donors (Lipinski definition) is 2. The van der Waals surface area contributed by atoms with Gasteiger partial charge in [-0.3, -0.25) is 9.69 Å². The van der Waals surface area contributed by atoms with E-state index in [0.717, 1.165) is 43.2 Å². The molecule has 1 aliphatic carbocycles. The Labute approximate surface area is 232 Å². The van der Waals surface area contributed by atoms with Crippen LogP contribution in [0.4, 0.5) is 19.0 Å². The van der Waals surface area contributed by atoms with Crippen LogP contribution in [0.2, 0.25) is 0 Å². The van der Waals surface area contributed by atoms with Crippen molar-refractivity contribution in [2.45, 2.75) is 82.0 Å². The molecule has 0 radical (unpaired) electrons. The van der Waals surface area contributed by atoms with Gasteiger partial charge in [-0.2, -0.15) is 0 Å². The third-order valence-electron chi connectivity index (χ3n) is 8.36. The number of ether oxygens (including phenoxy) is 2. The normalized spacial score (nSPS) is 23.6. The second-order valence-electron chi connectivity index (χ2n) is 11.1. The summed E-state index contributed by atoms with van der Waals surface area (Å²) in [5.74, 6) is -4.96. The van der Waals surface area contributed by atoms with Crippen molar-refractivity contribution in [1.29, 1.82) is 0 Å². The minimum absolute atomic E-state index is 0.0227. The lowest BCUT2D eigenvalue weighted by atomic mass is 9.92. The highest BCUT2D eigenvalue weighted by molar-refractivity contribution is 5.76. The summed E-state index contributed by atoms with van der Waals surface area (Å²) in [5, 5.41) is 13.4. The Morgan fingerprint density at radius 2 is 2.10 bits per heavy atom. The fraction of sp³-hybridized carbons (Fsp3) is 0.621. The van der Waals surface area contributed by atoms with Crippen molar-refractivity contribution in [3.8, 4) is 5.88 Å². The van der Waals surface area contributed by atoms with Crippen LogP contribution in [0.1, 0.15) is 67.8 Å². The Morgan fingerprint density at radius 3 is 2.88 bits per heavy atom. The van der Waals surface area contributed by atoms with Gasteiger partial charge in [0.2, 0.25) is 5.88 Å². The third-order valence-corrected chi connectivity index (χ3v) is 8.36. The molecule has 11 heteroatoms. The molecular formula is C29H37F3N4O4. The van der Waals surface area contributed by atoms with E-state index >= 15 is 8.78 Å². The molecule has 2 N–H and O–H groups in total. The number of hydrogen-bond acceptors (Lipinski definition) is 7. The number of fused-ring (bicyclic) bond motifs is 1. The van der Waals surface area contributed by atoms with Crippen LogP contribution >= 0.6 is 0 Å². The van der Waals surface area contributed by atoms with Gasteiger partial charge in [0.05, 0.1) is 12.3 Å². The van der Waals surface area contributed by atoms with E-state index in [1.165, 1.54) is 10.5 Å². The molecular weight excluding hydrogens is 525 g/mol. The summed E-state index contributed by atoms with van der Waals surface area (Å²) in [6.45, 7) is 0.956. The molecule has 0 amide bonds. The number of aryl methyl sites for hydroxylation is 2.